The molecule has 0 radical (unpaired) electrons. The van der Waals surface area contributed by atoms with E-state index in [2.05, 4.69) is 10.6 Å². The molecule has 3 aliphatic heterocycles. The van der Waals surface area contributed by atoms with Crippen molar-refractivity contribution >= 4 is 23.4 Å². The predicted octanol–water partition coefficient (Wildman–Crippen LogP) is 4.05. The normalized spacial score (nSPS) is 29.0. The SMILES string of the molecule is COc1ccc(CN2C(=O)[C@H]3[C@H](C(=O)Nc4ccc(C)c(C)c4)[C@H]4C=C[C@@]3(O4)[C@@H]2C(=O)NC2CCCCC2)cc1. The zero-order valence-corrected chi connectivity index (χ0v) is 23.3. The van der Waals surface area contributed by atoms with Gasteiger partial charge in [-0.15, -0.1) is 0 Å². The number of carbonyl (C=O) groups is 3. The van der Waals surface area contributed by atoms with Crippen LogP contribution in [0.4, 0.5) is 5.69 Å². The van der Waals surface area contributed by atoms with Crippen LogP contribution in [0, 0.1) is 25.7 Å². The van der Waals surface area contributed by atoms with Gasteiger partial charge in [-0.05, 0) is 67.6 Å². The average Bonchev–Trinajstić information content (AvgIpc) is 3.59. The maximum Gasteiger partial charge on any atom is 0.246 e. The number of aryl methyl sites for hydroxylation is 2. The highest BCUT2D eigenvalue weighted by atomic mass is 16.5. The number of carbonyl (C=O) groups excluding carboxylic acids is 3. The standard InChI is InChI=1S/C32H37N3O5/c1-19-9-12-23(17-20(19)2)34-29(36)26-25-15-16-32(40-25)27(26)31(38)35(18-21-10-13-24(39-3)14-11-21)28(32)30(37)33-22-7-5-4-6-8-22/h9-17,22,25-28H,4-8,18H2,1-3H3,(H,33,37)(H,34,36)/t25-,26-,27-,28+,32+/m1/s1. The van der Waals surface area contributed by atoms with Gasteiger partial charge in [-0.3, -0.25) is 14.4 Å². The van der Waals surface area contributed by atoms with Gasteiger partial charge < -0.3 is 25.0 Å². The third kappa shape index (κ3) is 4.48. The number of likely N-dealkylation sites (tertiary alicyclic amines) is 1. The minimum Gasteiger partial charge on any atom is -0.497 e. The van der Waals surface area contributed by atoms with Crippen LogP contribution in [0.3, 0.4) is 0 Å². The summed E-state index contributed by atoms with van der Waals surface area (Å²) in [5, 5.41) is 6.25. The largest absolute Gasteiger partial charge is 0.497 e. The number of anilines is 1. The molecule has 5 atom stereocenters. The van der Waals surface area contributed by atoms with Crippen LogP contribution in [0.15, 0.2) is 54.6 Å². The monoisotopic (exact) mass is 543 g/mol. The van der Waals surface area contributed by atoms with Gasteiger partial charge in [0.2, 0.25) is 17.7 Å². The lowest BCUT2D eigenvalue weighted by molar-refractivity contribution is -0.142. The summed E-state index contributed by atoms with van der Waals surface area (Å²) in [5.41, 5.74) is 2.57. The fourth-order valence-electron chi connectivity index (χ4n) is 6.94. The van der Waals surface area contributed by atoms with Gasteiger partial charge >= 0.3 is 0 Å². The van der Waals surface area contributed by atoms with E-state index in [0.29, 0.717) is 11.4 Å². The van der Waals surface area contributed by atoms with Crippen LogP contribution in [0.25, 0.3) is 0 Å². The highest BCUT2D eigenvalue weighted by Crippen LogP contribution is 2.55. The number of methoxy groups -OCH3 is 1. The molecule has 0 unspecified atom stereocenters. The molecule has 2 bridgehead atoms. The number of nitrogens with one attached hydrogen (secondary N) is 2. The van der Waals surface area contributed by atoms with Crippen molar-refractivity contribution in [3.8, 4) is 5.75 Å². The van der Waals surface area contributed by atoms with Gasteiger partial charge in [-0.25, -0.2) is 0 Å². The topological polar surface area (TPSA) is 97.0 Å². The quantitative estimate of drug-likeness (QED) is 0.514. The number of ether oxygens (including phenoxy) is 2. The fourth-order valence-corrected chi connectivity index (χ4v) is 6.94. The number of benzene rings is 2. The smallest absolute Gasteiger partial charge is 0.246 e. The number of nitrogens with zero attached hydrogens (tertiary/aromatic N) is 1. The van der Waals surface area contributed by atoms with Gasteiger partial charge in [0.1, 0.15) is 17.4 Å². The Bertz CT molecular complexity index is 1350. The first-order valence-corrected chi connectivity index (χ1v) is 14.3. The molecule has 1 spiro atoms. The second-order valence-corrected chi connectivity index (χ2v) is 11.6. The van der Waals surface area contributed by atoms with E-state index in [9.17, 15) is 14.4 Å². The molecule has 6 rings (SSSR count). The Morgan fingerprint density at radius 3 is 2.48 bits per heavy atom. The van der Waals surface area contributed by atoms with Crippen molar-refractivity contribution in [1.29, 1.82) is 0 Å². The molecule has 0 aromatic heterocycles. The van der Waals surface area contributed by atoms with Gasteiger partial charge in [0.25, 0.3) is 0 Å². The first-order valence-electron chi connectivity index (χ1n) is 14.3. The van der Waals surface area contributed by atoms with E-state index in [1.54, 1.807) is 12.0 Å². The minimum atomic E-state index is -1.18. The molecule has 2 aromatic carbocycles. The molecule has 1 aliphatic carbocycles. The highest BCUT2D eigenvalue weighted by Gasteiger charge is 2.72. The van der Waals surface area contributed by atoms with Gasteiger partial charge in [-0.2, -0.15) is 0 Å². The molecular weight excluding hydrogens is 506 g/mol. The number of hydrogen-bond donors (Lipinski definition) is 2. The predicted molar refractivity (Wildman–Crippen MR) is 151 cm³/mol. The van der Waals surface area contributed by atoms with E-state index in [0.717, 1.165) is 42.4 Å². The van der Waals surface area contributed by atoms with Crippen molar-refractivity contribution in [3.05, 3.63) is 71.3 Å². The Kier molecular flexibility index (Phi) is 6.90. The molecule has 2 saturated heterocycles. The number of rotatable bonds is 7. The van der Waals surface area contributed by atoms with E-state index >= 15 is 0 Å². The summed E-state index contributed by atoms with van der Waals surface area (Å²) in [5.74, 6) is -1.51. The Morgan fingerprint density at radius 2 is 1.77 bits per heavy atom. The molecule has 1 saturated carbocycles. The van der Waals surface area contributed by atoms with Crippen LogP contribution in [-0.4, -0.2) is 53.5 Å². The molecular formula is C32H37N3O5. The average molecular weight is 544 g/mol. The Labute approximate surface area is 235 Å². The maximum absolute atomic E-state index is 14.2. The third-order valence-corrected chi connectivity index (χ3v) is 9.16. The third-order valence-electron chi connectivity index (χ3n) is 9.16. The van der Waals surface area contributed by atoms with Gasteiger partial charge in [-0.1, -0.05) is 49.6 Å². The highest BCUT2D eigenvalue weighted by molar-refractivity contribution is 6.02. The second-order valence-electron chi connectivity index (χ2n) is 11.6. The van der Waals surface area contributed by atoms with Crippen molar-refractivity contribution in [2.75, 3.05) is 12.4 Å². The lowest BCUT2D eigenvalue weighted by atomic mass is 9.74. The van der Waals surface area contributed by atoms with Crippen LogP contribution < -0.4 is 15.4 Å². The first kappa shape index (κ1) is 26.6. The molecule has 8 heteroatoms. The lowest BCUT2D eigenvalue weighted by Crippen LogP contribution is -2.56. The van der Waals surface area contributed by atoms with Crippen molar-refractivity contribution in [2.45, 2.75) is 76.3 Å². The molecule has 3 amide bonds. The maximum atomic E-state index is 14.2. The molecule has 3 fully saturated rings. The van der Waals surface area contributed by atoms with Gasteiger partial charge in [0.15, 0.2) is 0 Å². The van der Waals surface area contributed by atoms with Crippen molar-refractivity contribution < 1.29 is 23.9 Å². The summed E-state index contributed by atoms with van der Waals surface area (Å²) in [7, 11) is 1.61. The summed E-state index contributed by atoms with van der Waals surface area (Å²) in [6.07, 6.45) is 8.35. The molecule has 210 valence electrons. The van der Waals surface area contributed by atoms with Crippen LogP contribution in [-0.2, 0) is 25.7 Å². The van der Waals surface area contributed by atoms with E-state index in [1.807, 2.05) is 68.5 Å². The van der Waals surface area contributed by atoms with E-state index in [-0.39, 0.29) is 30.3 Å². The Balaban J connectivity index is 1.31. The Morgan fingerprint density at radius 1 is 1.02 bits per heavy atom. The van der Waals surface area contributed by atoms with Crippen molar-refractivity contribution in [3.63, 3.8) is 0 Å². The molecule has 40 heavy (non-hydrogen) atoms. The number of fused-ring (bicyclic) bond motifs is 1. The van der Waals surface area contributed by atoms with Crippen LogP contribution >= 0.6 is 0 Å². The molecule has 4 aliphatic rings. The summed E-state index contributed by atoms with van der Waals surface area (Å²) in [6.45, 7) is 4.25. The van der Waals surface area contributed by atoms with Crippen LogP contribution in [0.5, 0.6) is 5.75 Å². The summed E-state index contributed by atoms with van der Waals surface area (Å²) in [4.78, 5) is 43.5. The fraction of sp³-hybridized carbons (Fsp3) is 0.469. The van der Waals surface area contributed by atoms with Gasteiger partial charge in [0.05, 0.1) is 25.0 Å². The number of amides is 3. The zero-order valence-electron chi connectivity index (χ0n) is 23.3. The first-order chi connectivity index (χ1) is 19.3. The summed E-state index contributed by atoms with van der Waals surface area (Å²) >= 11 is 0. The second kappa shape index (κ2) is 10.4. The summed E-state index contributed by atoms with van der Waals surface area (Å²) in [6, 6.07) is 12.5. The van der Waals surface area contributed by atoms with E-state index < -0.39 is 29.6 Å². The van der Waals surface area contributed by atoms with Crippen molar-refractivity contribution in [2.24, 2.45) is 11.8 Å². The van der Waals surface area contributed by atoms with Crippen LogP contribution in [0.1, 0.15) is 48.8 Å². The minimum absolute atomic E-state index is 0.0843. The molecule has 8 nitrogen and oxygen atoms in total. The zero-order chi connectivity index (χ0) is 28.0. The van der Waals surface area contributed by atoms with E-state index in [1.165, 1.54) is 6.42 Å². The number of hydrogen-bond acceptors (Lipinski definition) is 5. The van der Waals surface area contributed by atoms with E-state index in [4.69, 9.17) is 9.47 Å². The van der Waals surface area contributed by atoms with Crippen LogP contribution in [0.2, 0.25) is 0 Å². The summed E-state index contributed by atoms with van der Waals surface area (Å²) < 4.78 is 11.8. The Hall–Kier alpha value is -3.65. The van der Waals surface area contributed by atoms with Gasteiger partial charge in [0, 0.05) is 18.3 Å². The molecule has 2 aromatic rings. The van der Waals surface area contributed by atoms with Crippen molar-refractivity contribution in [1.82, 2.24) is 10.2 Å². The molecule has 2 N–H and O–H groups in total. The molecule has 3 heterocycles. The lowest BCUT2D eigenvalue weighted by Gasteiger charge is -2.34.